The summed E-state index contributed by atoms with van der Waals surface area (Å²) in [5, 5.41) is 12.5. The minimum Gasteiger partial charge on any atom is -0.396 e. The largest absolute Gasteiger partial charge is 0.396 e. The fourth-order valence-electron chi connectivity index (χ4n) is 2.29. The average molecular weight is 205 g/mol. The van der Waals surface area contributed by atoms with Crippen LogP contribution < -0.4 is 5.32 Å². The summed E-state index contributed by atoms with van der Waals surface area (Å²) in [5.74, 6) is 0.545. The van der Waals surface area contributed by atoms with Crippen molar-refractivity contribution in [1.29, 1.82) is 0 Å². The quantitative estimate of drug-likeness (QED) is 0.787. The first-order valence-electron chi connectivity index (χ1n) is 5.72. The molecule has 0 aromatic heterocycles. The Morgan fingerprint density at radius 2 is 2.13 bits per heavy atom. The Labute approximate surface area is 91.3 Å². The van der Waals surface area contributed by atoms with Gasteiger partial charge < -0.3 is 10.4 Å². The second-order valence-electron chi connectivity index (χ2n) is 4.45. The zero-order valence-corrected chi connectivity index (χ0v) is 9.24. The van der Waals surface area contributed by atoms with E-state index >= 15 is 0 Å². The van der Waals surface area contributed by atoms with Gasteiger partial charge in [-0.05, 0) is 29.9 Å². The van der Waals surface area contributed by atoms with Gasteiger partial charge >= 0.3 is 0 Å². The summed E-state index contributed by atoms with van der Waals surface area (Å²) in [6.07, 6.45) is 1.98. The molecule has 1 aliphatic heterocycles. The van der Waals surface area contributed by atoms with E-state index in [1.54, 1.807) is 0 Å². The molecule has 1 heterocycles. The summed E-state index contributed by atoms with van der Waals surface area (Å²) in [6.45, 7) is 3.47. The third-order valence-corrected chi connectivity index (χ3v) is 3.38. The number of benzene rings is 1. The van der Waals surface area contributed by atoms with Gasteiger partial charge in [0.15, 0.2) is 0 Å². The molecular formula is C13H19NO. The molecule has 0 amide bonds. The molecule has 2 atom stereocenters. The molecule has 15 heavy (non-hydrogen) atoms. The summed E-state index contributed by atoms with van der Waals surface area (Å²) in [5.41, 5.74) is 2.89. The third-order valence-electron chi connectivity index (χ3n) is 3.38. The van der Waals surface area contributed by atoms with E-state index in [1.807, 2.05) is 0 Å². The summed E-state index contributed by atoms with van der Waals surface area (Å²) in [6, 6.07) is 9.13. The maximum absolute atomic E-state index is 8.93. The van der Waals surface area contributed by atoms with Crippen molar-refractivity contribution < 1.29 is 5.11 Å². The predicted molar refractivity (Wildman–Crippen MR) is 61.6 cm³/mol. The summed E-state index contributed by atoms with van der Waals surface area (Å²) >= 11 is 0. The van der Waals surface area contributed by atoms with Crippen LogP contribution in [0.1, 0.15) is 24.5 Å². The van der Waals surface area contributed by atoms with Gasteiger partial charge in [-0.25, -0.2) is 0 Å². The molecule has 0 saturated heterocycles. The van der Waals surface area contributed by atoms with Crippen molar-refractivity contribution in [2.45, 2.75) is 32.4 Å². The van der Waals surface area contributed by atoms with E-state index in [1.165, 1.54) is 11.1 Å². The van der Waals surface area contributed by atoms with E-state index in [-0.39, 0.29) is 0 Å². The first-order chi connectivity index (χ1) is 7.31. The van der Waals surface area contributed by atoms with Gasteiger partial charge in [-0.15, -0.1) is 0 Å². The van der Waals surface area contributed by atoms with Crippen LogP contribution in [-0.2, 0) is 13.0 Å². The van der Waals surface area contributed by atoms with Crippen LogP contribution in [0.4, 0.5) is 0 Å². The zero-order chi connectivity index (χ0) is 10.7. The first kappa shape index (κ1) is 10.7. The minimum atomic E-state index is 0.293. The Morgan fingerprint density at radius 1 is 1.40 bits per heavy atom. The lowest BCUT2D eigenvalue weighted by atomic mass is 9.88. The maximum Gasteiger partial charge on any atom is 0.0434 e. The topological polar surface area (TPSA) is 32.3 Å². The molecule has 2 nitrogen and oxygen atoms in total. The van der Waals surface area contributed by atoms with Crippen LogP contribution >= 0.6 is 0 Å². The Bertz CT molecular complexity index is 324. The van der Waals surface area contributed by atoms with Gasteiger partial charge in [-0.3, -0.25) is 0 Å². The monoisotopic (exact) mass is 205 g/mol. The molecule has 2 heteroatoms. The highest BCUT2D eigenvalue weighted by atomic mass is 16.3. The van der Waals surface area contributed by atoms with E-state index in [9.17, 15) is 0 Å². The lowest BCUT2D eigenvalue weighted by molar-refractivity contribution is 0.234. The SMILES string of the molecule is CC(CCO)C1Cc2ccccc2CN1. The summed E-state index contributed by atoms with van der Waals surface area (Å²) in [4.78, 5) is 0. The predicted octanol–water partition coefficient (Wildman–Crippen LogP) is 1.72. The molecule has 1 aliphatic rings. The normalized spacial score (nSPS) is 22.1. The van der Waals surface area contributed by atoms with Gasteiger partial charge in [-0.2, -0.15) is 0 Å². The summed E-state index contributed by atoms with van der Waals surface area (Å²) < 4.78 is 0. The first-order valence-corrected chi connectivity index (χ1v) is 5.72. The Morgan fingerprint density at radius 3 is 2.87 bits per heavy atom. The number of nitrogens with one attached hydrogen (secondary N) is 1. The van der Waals surface area contributed by atoms with Crippen molar-refractivity contribution in [1.82, 2.24) is 5.32 Å². The minimum absolute atomic E-state index is 0.293. The molecule has 2 rings (SSSR count). The molecule has 82 valence electrons. The molecule has 1 aromatic rings. The fourth-order valence-corrected chi connectivity index (χ4v) is 2.29. The number of rotatable bonds is 3. The molecular weight excluding hydrogens is 186 g/mol. The van der Waals surface area contributed by atoms with Crippen molar-refractivity contribution in [2.75, 3.05) is 6.61 Å². The molecule has 0 aliphatic carbocycles. The van der Waals surface area contributed by atoms with E-state index < -0.39 is 0 Å². The third kappa shape index (κ3) is 2.39. The molecule has 0 bridgehead atoms. The molecule has 0 spiro atoms. The van der Waals surface area contributed by atoms with Gasteiger partial charge in [0.05, 0.1) is 0 Å². The highest BCUT2D eigenvalue weighted by Gasteiger charge is 2.21. The van der Waals surface area contributed by atoms with Gasteiger partial charge in [0.25, 0.3) is 0 Å². The molecule has 0 radical (unpaired) electrons. The van der Waals surface area contributed by atoms with Gasteiger partial charge in [0.1, 0.15) is 0 Å². The van der Waals surface area contributed by atoms with Gasteiger partial charge in [0.2, 0.25) is 0 Å². The van der Waals surface area contributed by atoms with Crippen LogP contribution in [0.3, 0.4) is 0 Å². The van der Waals surface area contributed by atoms with E-state index in [0.717, 1.165) is 19.4 Å². The van der Waals surface area contributed by atoms with Crippen molar-refractivity contribution >= 4 is 0 Å². The standard InChI is InChI=1S/C13H19NO/c1-10(6-7-15)13-8-11-4-2-3-5-12(11)9-14-13/h2-5,10,13-15H,6-9H2,1H3. The number of hydrogen-bond acceptors (Lipinski definition) is 2. The molecule has 2 unspecified atom stereocenters. The number of aliphatic hydroxyl groups excluding tert-OH is 1. The smallest absolute Gasteiger partial charge is 0.0434 e. The van der Waals surface area contributed by atoms with E-state index in [2.05, 4.69) is 36.5 Å². The number of fused-ring (bicyclic) bond motifs is 1. The van der Waals surface area contributed by atoms with Crippen LogP contribution in [0, 0.1) is 5.92 Å². The maximum atomic E-state index is 8.93. The second kappa shape index (κ2) is 4.77. The molecule has 0 saturated carbocycles. The highest BCUT2D eigenvalue weighted by molar-refractivity contribution is 5.30. The number of aliphatic hydroxyl groups is 1. The van der Waals surface area contributed by atoms with Gasteiger partial charge in [0, 0.05) is 19.2 Å². The van der Waals surface area contributed by atoms with Crippen molar-refractivity contribution in [3.8, 4) is 0 Å². The molecule has 1 aromatic carbocycles. The van der Waals surface area contributed by atoms with E-state index in [0.29, 0.717) is 18.6 Å². The van der Waals surface area contributed by atoms with Crippen molar-refractivity contribution in [3.05, 3.63) is 35.4 Å². The van der Waals surface area contributed by atoms with Crippen molar-refractivity contribution in [2.24, 2.45) is 5.92 Å². The van der Waals surface area contributed by atoms with Crippen LogP contribution in [0.25, 0.3) is 0 Å². The summed E-state index contributed by atoms with van der Waals surface area (Å²) in [7, 11) is 0. The lowest BCUT2D eigenvalue weighted by Crippen LogP contribution is -2.40. The van der Waals surface area contributed by atoms with E-state index in [4.69, 9.17) is 5.11 Å². The Balaban J connectivity index is 2.05. The van der Waals surface area contributed by atoms with Crippen LogP contribution in [0.15, 0.2) is 24.3 Å². The Hall–Kier alpha value is -0.860. The highest BCUT2D eigenvalue weighted by Crippen LogP contribution is 2.21. The average Bonchev–Trinajstić information content (AvgIpc) is 2.29. The second-order valence-corrected chi connectivity index (χ2v) is 4.45. The molecule has 0 fully saturated rings. The Kier molecular flexibility index (Phi) is 3.39. The van der Waals surface area contributed by atoms with Crippen LogP contribution in [-0.4, -0.2) is 17.8 Å². The van der Waals surface area contributed by atoms with Crippen LogP contribution in [0.5, 0.6) is 0 Å². The lowest BCUT2D eigenvalue weighted by Gasteiger charge is -2.30. The van der Waals surface area contributed by atoms with Crippen molar-refractivity contribution in [3.63, 3.8) is 0 Å². The van der Waals surface area contributed by atoms with Gasteiger partial charge in [-0.1, -0.05) is 31.2 Å². The van der Waals surface area contributed by atoms with Crippen LogP contribution in [0.2, 0.25) is 0 Å². The number of hydrogen-bond donors (Lipinski definition) is 2. The zero-order valence-electron chi connectivity index (χ0n) is 9.24. The fraction of sp³-hybridized carbons (Fsp3) is 0.538. The molecule has 2 N–H and O–H groups in total.